The lowest BCUT2D eigenvalue weighted by Crippen LogP contribution is -2.23. The molecule has 1 heterocycles. The summed E-state index contributed by atoms with van der Waals surface area (Å²) >= 11 is 0. The third-order valence-electron chi connectivity index (χ3n) is 5.13. The number of anilines is 1. The maximum absolute atomic E-state index is 12.7. The van der Waals surface area contributed by atoms with Crippen molar-refractivity contribution >= 4 is 17.5 Å². The van der Waals surface area contributed by atoms with Crippen molar-refractivity contribution in [1.29, 1.82) is 0 Å². The predicted octanol–water partition coefficient (Wildman–Crippen LogP) is 5.20. The topological polar surface area (TPSA) is 89.8 Å². The Morgan fingerprint density at radius 3 is 2.55 bits per heavy atom. The van der Waals surface area contributed by atoms with Crippen LogP contribution in [-0.4, -0.2) is 25.5 Å². The zero-order valence-electron chi connectivity index (χ0n) is 19.4. The van der Waals surface area contributed by atoms with E-state index >= 15 is 0 Å². The summed E-state index contributed by atoms with van der Waals surface area (Å²) in [5.74, 6) is 1.46. The first-order chi connectivity index (χ1) is 15.9. The Labute approximate surface area is 194 Å². The molecule has 7 nitrogen and oxygen atoms in total. The largest absolute Gasteiger partial charge is 0.493 e. The van der Waals surface area contributed by atoms with E-state index in [1.165, 1.54) is 6.26 Å². The second kappa shape index (κ2) is 11.2. The van der Waals surface area contributed by atoms with Crippen LogP contribution in [0.15, 0.2) is 59.2 Å². The van der Waals surface area contributed by atoms with Gasteiger partial charge in [0.1, 0.15) is 0 Å². The van der Waals surface area contributed by atoms with Crippen molar-refractivity contribution in [1.82, 2.24) is 5.32 Å². The Bertz CT molecular complexity index is 1090. The maximum atomic E-state index is 12.7. The standard InChI is InChI=1S/C26H30N2O5/c1-17(2)11-13-33-22-10-8-19(14-24(22)31-4)16-27-25(29)20-9-7-18(3)21(15-20)28-26(30)23-6-5-12-32-23/h5-10,12,14-15,17H,11,13,16H2,1-4H3,(H,27,29)(H,28,30). The van der Waals surface area contributed by atoms with Crippen LogP contribution in [0.25, 0.3) is 0 Å². The van der Waals surface area contributed by atoms with Crippen LogP contribution in [0.2, 0.25) is 0 Å². The van der Waals surface area contributed by atoms with Crippen LogP contribution in [0.5, 0.6) is 11.5 Å². The van der Waals surface area contributed by atoms with Crippen LogP contribution >= 0.6 is 0 Å². The Morgan fingerprint density at radius 2 is 1.85 bits per heavy atom. The first-order valence-corrected chi connectivity index (χ1v) is 10.9. The molecule has 2 N–H and O–H groups in total. The molecule has 2 aromatic carbocycles. The molecule has 3 aromatic rings. The molecule has 33 heavy (non-hydrogen) atoms. The average Bonchev–Trinajstić information content (AvgIpc) is 3.34. The van der Waals surface area contributed by atoms with Gasteiger partial charge in [-0.05, 0) is 66.8 Å². The number of hydrogen-bond acceptors (Lipinski definition) is 5. The molecule has 0 aliphatic carbocycles. The number of carbonyl (C=O) groups is 2. The normalized spacial score (nSPS) is 10.7. The highest BCUT2D eigenvalue weighted by Crippen LogP contribution is 2.28. The molecule has 0 saturated heterocycles. The molecule has 0 radical (unpaired) electrons. The van der Waals surface area contributed by atoms with Crippen LogP contribution in [-0.2, 0) is 6.54 Å². The van der Waals surface area contributed by atoms with Crippen LogP contribution in [0.3, 0.4) is 0 Å². The molecule has 0 fully saturated rings. The third kappa shape index (κ3) is 6.62. The summed E-state index contributed by atoms with van der Waals surface area (Å²) in [4.78, 5) is 25.0. The maximum Gasteiger partial charge on any atom is 0.291 e. The van der Waals surface area contributed by atoms with Crippen LogP contribution < -0.4 is 20.1 Å². The molecule has 1 aromatic heterocycles. The van der Waals surface area contributed by atoms with Crippen molar-refractivity contribution in [2.24, 2.45) is 5.92 Å². The average molecular weight is 451 g/mol. The van der Waals surface area contributed by atoms with Gasteiger partial charge >= 0.3 is 0 Å². The van der Waals surface area contributed by atoms with E-state index < -0.39 is 0 Å². The minimum Gasteiger partial charge on any atom is -0.493 e. The highest BCUT2D eigenvalue weighted by molar-refractivity contribution is 6.03. The molecular formula is C26H30N2O5. The van der Waals surface area contributed by atoms with Gasteiger partial charge in [-0.15, -0.1) is 0 Å². The minimum absolute atomic E-state index is 0.204. The Morgan fingerprint density at radius 1 is 1.03 bits per heavy atom. The molecule has 3 rings (SSSR count). The molecule has 0 unspecified atom stereocenters. The van der Waals surface area contributed by atoms with E-state index in [-0.39, 0.29) is 17.6 Å². The van der Waals surface area contributed by atoms with Gasteiger partial charge in [0.25, 0.3) is 11.8 Å². The van der Waals surface area contributed by atoms with Gasteiger partial charge in [-0.25, -0.2) is 0 Å². The summed E-state index contributed by atoms with van der Waals surface area (Å²) in [6, 6.07) is 14.0. The fourth-order valence-corrected chi connectivity index (χ4v) is 3.12. The Balaban J connectivity index is 1.62. The Kier molecular flexibility index (Phi) is 8.13. The van der Waals surface area contributed by atoms with Gasteiger partial charge in [0.15, 0.2) is 17.3 Å². The van der Waals surface area contributed by atoms with E-state index in [1.807, 2.05) is 25.1 Å². The number of hydrogen-bond donors (Lipinski definition) is 2. The Hall–Kier alpha value is -3.74. The van der Waals surface area contributed by atoms with Gasteiger partial charge in [-0.1, -0.05) is 26.0 Å². The fourth-order valence-electron chi connectivity index (χ4n) is 3.12. The van der Waals surface area contributed by atoms with E-state index in [1.54, 1.807) is 37.4 Å². The molecule has 0 aliphatic heterocycles. The SMILES string of the molecule is COc1cc(CNC(=O)c2ccc(C)c(NC(=O)c3ccco3)c2)ccc1OCCC(C)C. The second-order valence-corrected chi connectivity index (χ2v) is 8.16. The lowest BCUT2D eigenvalue weighted by molar-refractivity contribution is 0.0949. The summed E-state index contributed by atoms with van der Waals surface area (Å²) in [5.41, 5.74) is 2.71. The number of aryl methyl sites for hydroxylation is 1. The summed E-state index contributed by atoms with van der Waals surface area (Å²) in [7, 11) is 1.60. The van der Waals surface area contributed by atoms with Gasteiger partial charge in [0.05, 0.1) is 20.0 Å². The van der Waals surface area contributed by atoms with E-state index in [2.05, 4.69) is 24.5 Å². The summed E-state index contributed by atoms with van der Waals surface area (Å²) < 4.78 is 16.4. The summed E-state index contributed by atoms with van der Waals surface area (Å²) in [6.07, 6.45) is 2.40. The fraction of sp³-hybridized carbons (Fsp3) is 0.308. The minimum atomic E-state index is -0.372. The number of benzene rings is 2. The molecule has 0 atom stereocenters. The van der Waals surface area contributed by atoms with Crippen LogP contribution in [0, 0.1) is 12.8 Å². The van der Waals surface area contributed by atoms with Crippen LogP contribution in [0.4, 0.5) is 5.69 Å². The monoisotopic (exact) mass is 450 g/mol. The smallest absolute Gasteiger partial charge is 0.291 e. The number of methoxy groups -OCH3 is 1. The first kappa shape index (κ1) is 23.9. The van der Waals surface area contributed by atoms with E-state index in [0.29, 0.717) is 41.8 Å². The van der Waals surface area contributed by atoms with Crippen LogP contribution in [0.1, 0.15) is 52.3 Å². The molecular weight excluding hydrogens is 420 g/mol. The van der Waals surface area contributed by atoms with Crippen molar-refractivity contribution in [3.8, 4) is 11.5 Å². The molecule has 0 saturated carbocycles. The zero-order valence-corrected chi connectivity index (χ0v) is 19.4. The quantitative estimate of drug-likeness (QED) is 0.443. The molecule has 174 valence electrons. The highest BCUT2D eigenvalue weighted by atomic mass is 16.5. The lowest BCUT2D eigenvalue weighted by Gasteiger charge is -2.14. The predicted molar refractivity (Wildman–Crippen MR) is 127 cm³/mol. The summed E-state index contributed by atoms with van der Waals surface area (Å²) in [6.45, 7) is 7.10. The van der Waals surface area contributed by atoms with Crippen molar-refractivity contribution in [2.75, 3.05) is 19.0 Å². The second-order valence-electron chi connectivity index (χ2n) is 8.16. The van der Waals surface area contributed by atoms with E-state index in [0.717, 1.165) is 17.5 Å². The number of amides is 2. The first-order valence-electron chi connectivity index (χ1n) is 10.9. The van der Waals surface area contributed by atoms with Crippen molar-refractivity contribution in [3.63, 3.8) is 0 Å². The van der Waals surface area contributed by atoms with Crippen molar-refractivity contribution < 1.29 is 23.5 Å². The van der Waals surface area contributed by atoms with Gasteiger partial charge in [-0.2, -0.15) is 0 Å². The van der Waals surface area contributed by atoms with Crippen molar-refractivity contribution in [2.45, 2.75) is 33.7 Å². The number of ether oxygens (including phenoxy) is 2. The number of furan rings is 1. The van der Waals surface area contributed by atoms with E-state index in [4.69, 9.17) is 13.9 Å². The molecule has 0 spiro atoms. The number of carbonyl (C=O) groups excluding carboxylic acids is 2. The van der Waals surface area contributed by atoms with Crippen molar-refractivity contribution in [3.05, 3.63) is 77.2 Å². The molecule has 0 bridgehead atoms. The molecule has 7 heteroatoms. The van der Waals surface area contributed by atoms with Gasteiger partial charge in [0.2, 0.25) is 0 Å². The van der Waals surface area contributed by atoms with Gasteiger partial charge in [0, 0.05) is 17.8 Å². The lowest BCUT2D eigenvalue weighted by atomic mass is 10.1. The van der Waals surface area contributed by atoms with Gasteiger partial charge < -0.3 is 24.5 Å². The number of rotatable bonds is 10. The molecule has 2 amide bonds. The molecule has 0 aliphatic rings. The van der Waals surface area contributed by atoms with Gasteiger partial charge in [-0.3, -0.25) is 9.59 Å². The summed E-state index contributed by atoms with van der Waals surface area (Å²) in [5, 5.41) is 5.69. The zero-order chi connectivity index (χ0) is 23.8. The highest BCUT2D eigenvalue weighted by Gasteiger charge is 2.14. The van der Waals surface area contributed by atoms with E-state index in [9.17, 15) is 9.59 Å². The number of nitrogens with one attached hydrogen (secondary N) is 2. The third-order valence-corrected chi connectivity index (χ3v) is 5.13.